The molecule has 0 spiro atoms. The van der Waals surface area contributed by atoms with E-state index in [2.05, 4.69) is 15.6 Å². The van der Waals surface area contributed by atoms with Gasteiger partial charge in [-0.05, 0) is 37.1 Å². The maximum atomic E-state index is 12.6. The number of rotatable bonds is 9. The maximum Gasteiger partial charge on any atom is 0.340 e. The van der Waals surface area contributed by atoms with E-state index in [-0.39, 0.29) is 24.3 Å². The zero-order chi connectivity index (χ0) is 22.3. The van der Waals surface area contributed by atoms with E-state index in [0.29, 0.717) is 41.4 Å². The van der Waals surface area contributed by atoms with E-state index in [0.717, 1.165) is 5.56 Å². The van der Waals surface area contributed by atoms with Gasteiger partial charge >= 0.3 is 5.97 Å². The van der Waals surface area contributed by atoms with Crippen LogP contribution in [0.5, 0.6) is 0 Å². The van der Waals surface area contributed by atoms with Crippen molar-refractivity contribution in [3.63, 3.8) is 0 Å². The monoisotopic (exact) mass is 415 g/mol. The molecule has 8 heteroatoms. The number of hydrogen-bond donors (Lipinski definition) is 3. The van der Waals surface area contributed by atoms with Gasteiger partial charge in [0.05, 0.1) is 12.2 Å². The molecule has 0 unspecified atom stereocenters. The van der Waals surface area contributed by atoms with E-state index in [1.54, 1.807) is 26.0 Å². The predicted molar refractivity (Wildman–Crippen MR) is 114 cm³/mol. The van der Waals surface area contributed by atoms with Crippen molar-refractivity contribution in [2.24, 2.45) is 5.92 Å². The lowest BCUT2D eigenvalue weighted by Crippen LogP contribution is -2.24. The third kappa shape index (κ3) is 5.93. The minimum atomic E-state index is -0.489. The summed E-state index contributed by atoms with van der Waals surface area (Å²) in [7, 11) is 1.53. The molecule has 1 aromatic heterocycles. The lowest BCUT2D eigenvalue weighted by molar-refractivity contribution is -0.118. The Labute approximate surface area is 176 Å². The van der Waals surface area contributed by atoms with Crippen LogP contribution >= 0.6 is 0 Å². The summed E-state index contributed by atoms with van der Waals surface area (Å²) in [6.45, 7) is 7.85. The molecule has 8 nitrogen and oxygen atoms in total. The van der Waals surface area contributed by atoms with Crippen LogP contribution in [-0.4, -0.2) is 43.1 Å². The second kappa shape index (κ2) is 10.6. The van der Waals surface area contributed by atoms with Gasteiger partial charge in [0.2, 0.25) is 5.91 Å². The lowest BCUT2D eigenvalue weighted by atomic mass is 10.1. The van der Waals surface area contributed by atoms with Crippen molar-refractivity contribution in [1.29, 1.82) is 0 Å². The summed E-state index contributed by atoms with van der Waals surface area (Å²) in [6.07, 6.45) is 0. The number of ether oxygens (including phenoxy) is 2. The molecule has 0 saturated carbocycles. The van der Waals surface area contributed by atoms with Gasteiger partial charge in [-0.15, -0.1) is 0 Å². The summed E-state index contributed by atoms with van der Waals surface area (Å²) in [5, 5.41) is 5.66. The zero-order valence-corrected chi connectivity index (χ0v) is 18.0. The first kappa shape index (κ1) is 23.2. The van der Waals surface area contributed by atoms with Gasteiger partial charge < -0.3 is 25.1 Å². The first-order valence-corrected chi connectivity index (χ1v) is 9.77. The average Bonchev–Trinajstić information content (AvgIpc) is 3.01. The summed E-state index contributed by atoms with van der Waals surface area (Å²) in [4.78, 5) is 39.6. The van der Waals surface area contributed by atoms with Gasteiger partial charge in [-0.2, -0.15) is 0 Å². The number of aromatic amines is 1. The summed E-state index contributed by atoms with van der Waals surface area (Å²) in [5.74, 6) is -0.955. The molecule has 162 valence electrons. The number of H-pyrrole nitrogens is 1. The van der Waals surface area contributed by atoms with Gasteiger partial charge in [0.15, 0.2) is 0 Å². The summed E-state index contributed by atoms with van der Waals surface area (Å²) in [5.41, 5.74) is 3.39. The number of aromatic nitrogens is 1. The van der Waals surface area contributed by atoms with Crippen LogP contribution in [-0.2, 0) is 20.8 Å². The first-order chi connectivity index (χ1) is 14.2. The molecule has 0 bridgehead atoms. The van der Waals surface area contributed by atoms with E-state index >= 15 is 0 Å². The Hall–Kier alpha value is -3.13. The van der Waals surface area contributed by atoms with Crippen molar-refractivity contribution in [3.05, 3.63) is 52.3 Å². The molecule has 1 heterocycles. The molecular weight excluding hydrogens is 386 g/mol. The molecule has 0 radical (unpaired) electrons. The van der Waals surface area contributed by atoms with Gasteiger partial charge in [0.25, 0.3) is 5.91 Å². The van der Waals surface area contributed by atoms with Crippen molar-refractivity contribution in [1.82, 2.24) is 10.3 Å². The van der Waals surface area contributed by atoms with Crippen LogP contribution in [0.4, 0.5) is 5.69 Å². The van der Waals surface area contributed by atoms with Crippen LogP contribution in [0.2, 0.25) is 0 Å². The number of aryl methyl sites for hydroxylation is 1. The number of carbonyl (C=O) groups is 3. The third-order valence-corrected chi connectivity index (χ3v) is 4.59. The van der Waals surface area contributed by atoms with E-state index in [1.165, 1.54) is 7.11 Å². The van der Waals surface area contributed by atoms with Crippen LogP contribution in [0.3, 0.4) is 0 Å². The summed E-state index contributed by atoms with van der Waals surface area (Å²) < 4.78 is 10.0. The number of hydrogen-bond acceptors (Lipinski definition) is 5. The molecular formula is C22H29N3O5. The van der Waals surface area contributed by atoms with Gasteiger partial charge in [-0.25, -0.2) is 4.79 Å². The molecule has 1 aromatic carbocycles. The van der Waals surface area contributed by atoms with Crippen LogP contribution in [0.1, 0.15) is 51.5 Å². The third-order valence-electron chi connectivity index (χ3n) is 4.59. The number of nitrogens with one attached hydrogen (secondary N) is 3. The number of methoxy groups -OCH3 is 1. The Bertz CT molecular complexity index is 900. The number of esters is 1. The highest BCUT2D eigenvalue weighted by molar-refractivity contribution is 6.00. The minimum absolute atomic E-state index is 0.0507. The smallest absolute Gasteiger partial charge is 0.340 e. The van der Waals surface area contributed by atoms with E-state index < -0.39 is 5.97 Å². The van der Waals surface area contributed by atoms with Crippen LogP contribution in [0.15, 0.2) is 24.3 Å². The second-order valence-electron chi connectivity index (χ2n) is 7.28. The van der Waals surface area contributed by atoms with Crippen molar-refractivity contribution in [2.75, 3.05) is 25.6 Å². The Morgan fingerprint density at radius 2 is 1.73 bits per heavy atom. The molecule has 2 aromatic rings. The normalized spacial score (nSPS) is 10.7. The molecule has 0 aliphatic carbocycles. The fourth-order valence-electron chi connectivity index (χ4n) is 2.84. The highest BCUT2D eigenvalue weighted by Crippen LogP contribution is 2.19. The Kier molecular flexibility index (Phi) is 8.17. The topological polar surface area (TPSA) is 110 Å². The van der Waals surface area contributed by atoms with E-state index in [9.17, 15) is 14.4 Å². The molecule has 0 aliphatic rings. The lowest BCUT2D eigenvalue weighted by Gasteiger charge is -2.09. The molecule has 0 aliphatic heterocycles. The zero-order valence-electron chi connectivity index (χ0n) is 18.0. The largest absolute Gasteiger partial charge is 0.460 e. The SMILES string of the molecule is COCCOC(=O)c1c(C)[nH]c(C(=O)NCc2ccc(NC(=O)C(C)C)cc2)c1C. The van der Waals surface area contributed by atoms with Crippen LogP contribution < -0.4 is 10.6 Å². The van der Waals surface area contributed by atoms with Gasteiger partial charge in [0, 0.05) is 31.0 Å². The minimum Gasteiger partial charge on any atom is -0.460 e. The predicted octanol–water partition coefficient (Wildman–Crippen LogP) is 2.96. The number of benzene rings is 1. The molecule has 3 N–H and O–H groups in total. The summed E-state index contributed by atoms with van der Waals surface area (Å²) >= 11 is 0. The fourth-order valence-corrected chi connectivity index (χ4v) is 2.84. The highest BCUT2D eigenvalue weighted by Gasteiger charge is 2.22. The number of amides is 2. The quantitative estimate of drug-likeness (QED) is 0.431. The molecule has 2 amide bonds. The van der Waals surface area contributed by atoms with Gasteiger partial charge in [-0.1, -0.05) is 26.0 Å². The molecule has 2 rings (SSSR count). The average molecular weight is 415 g/mol. The van der Waals surface area contributed by atoms with Gasteiger partial charge in [-0.3, -0.25) is 9.59 Å². The molecule has 0 atom stereocenters. The van der Waals surface area contributed by atoms with E-state index in [1.807, 2.05) is 26.0 Å². The van der Waals surface area contributed by atoms with Crippen molar-refractivity contribution in [2.45, 2.75) is 34.2 Å². The Balaban J connectivity index is 1.99. The van der Waals surface area contributed by atoms with Gasteiger partial charge in [0.1, 0.15) is 12.3 Å². The Morgan fingerprint density at radius 1 is 1.07 bits per heavy atom. The van der Waals surface area contributed by atoms with Crippen molar-refractivity contribution >= 4 is 23.5 Å². The maximum absolute atomic E-state index is 12.6. The number of anilines is 1. The van der Waals surface area contributed by atoms with Crippen molar-refractivity contribution < 1.29 is 23.9 Å². The number of carbonyl (C=O) groups excluding carboxylic acids is 3. The highest BCUT2D eigenvalue weighted by atomic mass is 16.6. The molecule has 0 saturated heterocycles. The van der Waals surface area contributed by atoms with Crippen LogP contribution in [0, 0.1) is 19.8 Å². The van der Waals surface area contributed by atoms with Crippen molar-refractivity contribution in [3.8, 4) is 0 Å². The standard InChI is InChI=1S/C22H29N3O5/c1-13(2)20(26)25-17-8-6-16(7-9-17)12-23-21(27)19-14(3)18(15(4)24-19)22(28)30-11-10-29-5/h6-9,13,24H,10-12H2,1-5H3,(H,23,27)(H,25,26). The fraction of sp³-hybridized carbons (Fsp3) is 0.409. The second-order valence-corrected chi connectivity index (χ2v) is 7.28. The van der Waals surface area contributed by atoms with E-state index in [4.69, 9.17) is 9.47 Å². The Morgan fingerprint density at radius 3 is 2.33 bits per heavy atom. The molecule has 0 fully saturated rings. The van der Waals surface area contributed by atoms with Crippen LogP contribution in [0.25, 0.3) is 0 Å². The first-order valence-electron chi connectivity index (χ1n) is 9.77. The molecule has 30 heavy (non-hydrogen) atoms. The summed E-state index contributed by atoms with van der Waals surface area (Å²) in [6, 6.07) is 7.25.